The van der Waals surface area contributed by atoms with Crippen LogP contribution in [-0.2, 0) is 16.1 Å². The second-order valence-corrected chi connectivity index (χ2v) is 3.23. The van der Waals surface area contributed by atoms with Crippen LogP contribution in [-0.4, -0.2) is 5.97 Å². The zero-order chi connectivity index (χ0) is 10.9. The number of carbonyl (C=O) groups excluding carboxylic acids is 1. The summed E-state index contributed by atoms with van der Waals surface area (Å²) in [7, 11) is 0. The molecule has 0 radical (unpaired) electrons. The van der Waals surface area contributed by atoms with Gasteiger partial charge in [0.25, 0.3) is 0 Å². The van der Waals surface area contributed by atoms with Crippen molar-refractivity contribution in [3.63, 3.8) is 0 Å². The van der Waals surface area contributed by atoms with Crippen LogP contribution < -0.4 is 0 Å². The monoisotopic (exact) mass is 204 g/mol. The first-order valence-corrected chi connectivity index (χ1v) is 5.17. The number of carbonyl (C=O) groups is 1. The van der Waals surface area contributed by atoms with E-state index in [0.29, 0.717) is 13.0 Å². The van der Waals surface area contributed by atoms with E-state index < -0.39 is 0 Å². The fourth-order valence-corrected chi connectivity index (χ4v) is 1.14. The van der Waals surface area contributed by atoms with Gasteiger partial charge < -0.3 is 4.74 Å². The second kappa shape index (κ2) is 6.82. The lowest BCUT2D eigenvalue weighted by atomic mass is 10.2. The zero-order valence-electron chi connectivity index (χ0n) is 8.98. The van der Waals surface area contributed by atoms with Crippen LogP contribution in [0.5, 0.6) is 0 Å². The van der Waals surface area contributed by atoms with Gasteiger partial charge in [-0.05, 0) is 12.0 Å². The van der Waals surface area contributed by atoms with Gasteiger partial charge in [-0.2, -0.15) is 0 Å². The molecule has 0 spiro atoms. The Kier molecular flexibility index (Phi) is 5.23. The molecule has 2 heteroatoms. The zero-order valence-corrected chi connectivity index (χ0v) is 8.98. The van der Waals surface area contributed by atoms with Gasteiger partial charge in [0.15, 0.2) is 0 Å². The van der Waals surface area contributed by atoms with Gasteiger partial charge in [0.1, 0.15) is 6.61 Å². The number of hydrogen-bond acceptors (Lipinski definition) is 2. The maximum Gasteiger partial charge on any atom is 0.309 e. The summed E-state index contributed by atoms with van der Waals surface area (Å²) >= 11 is 0. The minimum Gasteiger partial charge on any atom is -0.461 e. The van der Waals surface area contributed by atoms with Crippen molar-refractivity contribution in [1.29, 1.82) is 0 Å². The maximum absolute atomic E-state index is 11.2. The molecule has 1 aromatic carbocycles. The van der Waals surface area contributed by atoms with E-state index in [1.54, 1.807) is 0 Å². The van der Waals surface area contributed by atoms with Crippen molar-refractivity contribution in [2.24, 2.45) is 0 Å². The second-order valence-electron chi connectivity index (χ2n) is 3.23. The molecule has 0 bridgehead atoms. The maximum atomic E-state index is 11.2. The molecule has 0 aliphatic carbocycles. The van der Waals surface area contributed by atoms with Crippen molar-refractivity contribution in [1.82, 2.24) is 0 Å². The predicted octanol–water partition coefficient (Wildman–Crippen LogP) is 3.09. The molecular weight excluding hydrogens is 188 g/mol. The number of hydrogen-bond donors (Lipinski definition) is 0. The third-order valence-electron chi connectivity index (χ3n) is 1.93. The van der Waals surface area contributed by atoms with E-state index in [0.717, 1.165) is 12.0 Å². The molecule has 1 aromatic rings. The van der Waals surface area contributed by atoms with Gasteiger partial charge in [-0.15, -0.1) is 0 Å². The van der Waals surface area contributed by atoms with E-state index in [1.807, 2.05) is 49.4 Å². The molecule has 2 nitrogen and oxygen atoms in total. The largest absolute Gasteiger partial charge is 0.461 e. The molecule has 0 aliphatic rings. The Morgan fingerprint density at radius 3 is 2.67 bits per heavy atom. The quantitative estimate of drug-likeness (QED) is 0.544. The van der Waals surface area contributed by atoms with Gasteiger partial charge in [0, 0.05) is 0 Å². The van der Waals surface area contributed by atoms with Crippen molar-refractivity contribution in [3.8, 4) is 0 Å². The molecule has 0 fully saturated rings. The molecule has 0 N–H and O–H groups in total. The third-order valence-corrected chi connectivity index (χ3v) is 1.93. The fourth-order valence-electron chi connectivity index (χ4n) is 1.14. The summed E-state index contributed by atoms with van der Waals surface area (Å²) in [5, 5.41) is 0. The van der Waals surface area contributed by atoms with E-state index in [1.165, 1.54) is 0 Å². The lowest BCUT2D eigenvalue weighted by Crippen LogP contribution is -2.02. The standard InChI is InChI=1S/C13H16O2/c1-2-3-5-10-13(14)15-11-12-8-6-4-7-9-12/h3-9H,2,10-11H2,1H3. The molecule has 0 heterocycles. The van der Waals surface area contributed by atoms with Crippen LogP contribution in [0.15, 0.2) is 42.5 Å². The summed E-state index contributed by atoms with van der Waals surface area (Å²) in [6.07, 6.45) is 5.11. The highest BCUT2D eigenvalue weighted by Crippen LogP contribution is 2.01. The Morgan fingerprint density at radius 2 is 2.00 bits per heavy atom. The van der Waals surface area contributed by atoms with E-state index in [4.69, 9.17) is 4.74 Å². The smallest absolute Gasteiger partial charge is 0.309 e. The van der Waals surface area contributed by atoms with Crippen LogP contribution in [0, 0.1) is 0 Å². The Labute approximate surface area is 90.6 Å². The molecule has 1 rings (SSSR count). The molecule has 0 aliphatic heterocycles. The SMILES string of the molecule is CCC=CCC(=O)OCc1ccccc1. The molecule has 0 saturated heterocycles. The van der Waals surface area contributed by atoms with Crippen molar-refractivity contribution >= 4 is 5.97 Å². The summed E-state index contributed by atoms with van der Waals surface area (Å²) < 4.78 is 5.08. The van der Waals surface area contributed by atoms with Crippen LogP contribution in [0.4, 0.5) is 0 Å². The van der Waals surface area contributed by atoms with E-state index >= 15 is 0 Å². The Hall–Kier alpha value is -1.57. The number of ether oxygens (including phenoxy) is 1. The molecule has 80 valence electrons. The van der Waals surface area contributed by atoms with Crippen LogP contribution in [0.1, 0.15) is 25.3 Å². The van der Waals surface area contributed by atoms with E-state index in [-0.39, 0.29) is 5.97 Å². The average molecular weight is 204 g/mol. The van der Waals surface area contributed by atoms with Crippen molar-refractivity contribution in [3.05, 3.63) is 48.0 Å². The van der Waals surface area contributed by atoms with E-state index in [2.05, 4.69) is 0 Å². The summed E-state index contributed by atoms with van der Waals surface area (Å²) in [6.45, 7) is 2.39. The van der Waals surface area contributed by atoms with Crippen LogP contribution in [0.25, 0.3) is 0 Å². The highest BCUT2D eigenvalue weighted by atomic mass is 16.5. The highest BCUT2D eigenvalue weighted by Gasteiger charge is 1.99. The molecule has 0 unspecified atom stereocenters. The summed E-state index contributed by atoms with van der Waals surface area (Å²) in [5.41, 5.74) is 1.02. The highest BCUT2D eigenvalue weighted by molar-refractivity contribution is 5.71. The van der Waals surface area contributed by atoms with Gasteiger partial charge >= 0.3 is 5.97 Å². The first-order chi connectivity index (χ1) is 7.33. The van der Waals surface area contributed by atoms with Gasteiger partial charge in [-0.3, -0.25) is 4.79 Å². The van der Waals surface area contributed by atoms with Gasteiger partial charge in [0.2, 0.25) is 0 Å². The average Bonchev–Trinajstić information content (AvgIpc) is 2.28. The van der Waals surface area contributed by atoms with Crippen LogP contribution >= 0.6 is 0 Å². The number of esters is 1. The van der Waals surface area contributed by atoms with Crippen LogP contribution in [0.2, 0.25) is 0 Å². The normalized spacial score (nSPS) is 10.5. The van der Waals surface area contributed by atoms with Crippen molar-refractivity contribution < 1.29 is 9.53 Å². The molecule has 0 amide bonds. The minimum atomic E-state index is -0.177. The number of benzene rings is 1. The number of rotatable bonds is 5. The van der Waals surface area contributed by atoms with Crippen LogP contribution in [0.3, 0.4) is 0 Å². The fraction of sp³-hybridized carbons (Fsp3) is 0.308. The molecule has 15 heavy (non-hydrogen) atoms. The summed E-state index contributed by atoms with van der Waals surface area (Å²) in [5.74, 6) is -0.177. The topological polar surface area (TPSA) is 26.3 Å². The Bertz CT molecular complexity index is 315. The summed E-state index contributed by atoms with van der Waals surface area (Å²) in [6, 6.07) is 9.68. The van der Waals surface area contributed by atoms with Crippen molar-refractivity contribution in [2.75, 3.05) is 0 Å². The minimum absolute atomic E-state index is 0.177. The molecule has 0 aromatic heterocycles. The predicted molar refractivity (Wildman–Crippen MR) is 60.3 cm³/mol. The van der Waals surface area contributed by atoms with Gasteiger partial charge in [0.05, 0.1) is 6.42 Å². The van der Waals surface area contributed by atoms with Gasteiger partial charge in [-0.25, -0.2) is 0 Å². The first-order valence-electron chi connectivity index (χ1n) is 5.17. The lowest BCUT2D eigenvalue weighted by molar-refractivity contribution is -0.143. The third kappa shape index (κ3) is 5.01. The summed E-state index contributed by atoms with van der Waals surface area (Å²) in [4.78, 5) is 11.2. The lowest BCUT2D eigenvalue weighted by Gasteiger charge is -2.02. The van der Waals surface area contributed by atoms with Gasteiger partial charge in [-0.1, -0.05) is 49.4 Å². The Balaban J connectivity index is 2.26. The number of allylic oxidation sites excluding steroid dienone is 1. The van der Waals surface area contributed by atoms with E-state index in [9.17, 15) is 4.79 Å². The molecular formula is C13H16O2. The Morgan fingerprint density at radius 1 is 1.27 bits per heavy atom. The first kappa shape index (κ1) is 11.5. The van der Waals surface area contributed by atoms with Crippen molar-refractivity contribution in [2.45, 2.75) is 26.4 Å². The molecule has 0 saturated carbocycles. The molecule has 0 atom stereocenters.